The molecule has 2 N–H and O–H groups in total. The fraction of sp³-hybridized carbons (Fsp3) is 0.667. The highest BCUT2D eigenvalue weighted by atomic mass is 15.0. The quantitative estimate of drug-likeness (QED) is 0.832. The molecule has 1 aliphatic carbocycles. The van der Waals surface area contributed by atoms with Gasteiger partial charge in [0.1, 0.15) is 0 Å². The van der Waals surface area contributed by atoms with Crippen molar-refractivity contribution in [3.8, 4) is 0 Å². The molecule has 3 heteroatoms. The summed E-state index contributed by atoms with van der Waals surface area (Å²) >= 11 is 0. The second-order valence-electron chi connectivity index (χ2n) is 5.35. The molecule has 0 radical (unpaired) electrons. The van der Waals surface area contributed by atoms with Crippen LogP contribution in [0.1, 0.15) is 40.0 Å². The lowest BCUT2D eigenvalue weighted by Crippen LogP contribution is -2.24. The van der Waals surface area contributed by atoms with Crippen LogP contribution in [0.25, 0.3) is 0 Å². The molecule has 0 saturated heterocycles. The van der Waals surface area contributed by atoms with Crippen molar-refractivity contribution >= 4 is 11.4 Å². The lowest BCUT2D eigenvalue weighted by molar-refractivity contribution is 0.392. The third-order valence-electron chi connectivity index (χ3n) is 4.22. The van der Waals surface area contributed by atoms with Gasteiger partial charge in [-0.3, -0.25) is 4.98 Å². The van der Waals surface area contributed by atoms with Gasteiger partial charge in [0, 0.05) is 12.6 Å². The zero-order chi connectivity index (χ0) is 13.0. The maximum atomic E-state index is 4.28. The first-order valence-corrected chi connectivity index (χ1v) is 7.20. The lowest BCUT2D eigenvalue weighted by atomic mass is 9.93. The van der Waals surface area contributed by atoms with Crippen molar-refractivity contribution < 1.29 is 0 Å². The van der Waals surface area contributed by atoms with Crippen LogP contribution in [0.15, 0.2) is 18.5 Å². The van der Waals surface area contributed by atoms with Crippen molar-refractivity contribution in [3.05, 3.63) is 18.5 Å². The molecular weight excluding hydrogens is 222 g/mol. The first-order chi connectivity index (χ1) is 8.74. The van der Waals surface area contributed by atoms with E-state index < -0.39 is 0 Å². The molecule has 3 unspecified atom stereocenters. The summed E-state index contributed by atoms with van der Waals surface area (Å²) in [7, 11) is 0. The van der Waals surface area contributed by atoms with E-state index in [1.807, 2.05) is 12.4 Å². The molecule has 1 aromatic heterocycles. The van der Waals surface area contributed by atoms with Gasteiger partial charge < -0.3 is 10.6 Å². The molecule has 1 heterocycles. The van der Waals surface area contributed by atoms with Gasteiger partial charge in [-0.15, -0.1) is 0 Å². The molecule has 3 nitrogen and oxygen atoms in total. The molecule has 3 atom stereocenters. The Morgan fingerprint density at radius 2 is 2.00 bits per heavy atom. The SMILES string of the molecule is CCNc1cncc(NC2CCC(CC)C2C)c1. The molecule has 0 aliphatic heterocycles. The van der Waals surface area contributed by atoms with Gasteiger partial charge in [0.25, 0.3) is 0 Å². The molecule has 18 heavy (non-hydrogen) atoms. The molecule has 100 valence electrons. The van der Waals surface area contributed by atoms with Gasteiger partial charge in [-0.2, -0.15) is 0 Å². The Kier molecular flexibility index (Phi) is 4.45. The Labute approximate surface area is 110 Å². The normalized spacial score (nSPS) is 27.2. The highest BCUT2D eigenvalue weighted by Gasteiger charge is 2.31. The second-order valence-corrected chi connectivity index (χ2v) is 5.35. The van der Waals surface area contributed by atoms with Crippen molar-refractivity contribution in [2.45, 2.75) is 46.1 Å². The number of rotatable bonds is 5. The fourth-order valence-electron chi connectivity index (χ4n) is 3.06. The van der Waals surface area contributed by atoms with Crippen LogP contribution < -0.4 is 10.6 Å². The average molecular weight is 247 g/mol. The molecule has 0 bridgehead atoms. The van der Waals surface area contributed by atoms with E-state index in [-0.39, 0.29) is 0 Å². The Morgan fingerprint density at radius 3 is 2.67 bits per heavy atom. The summed E-state index contributed by atoms with van der Waals surface area (Å²) in [5, 5.41) is 6.95. The number of hydrogen-bond acceptors (Lipinski definition) is 3. The topological polar surface area (TPSA) is 37.0 Å². The van der Waals surface area contributed by atoms with Gasteiger partial charge >= 0.3 is 0 Å². The number of hydrogen-bond donors (Lipinski definition) is 2. The number of anilines is 2. The van der Waals surface area contributed by atoms with Crippen LogP contribution in [0.2, 0.25) is 0 Å². The number of nitrogens with zero attached hydrogens (tertiary/aromatic N) is 1. The molecule has 1 fully saturated rings. The highest BCUT2D eigenvalue weighted by Crippen LogP contribution is 2.35. The van der Waals surface area contributed by atoms with Crippen molar-refractivity contribution in [1.82, 2.24) is 4.98 Å². The minimum atomic E-state index is 0.605. The van der Waals surface area contributed by atoms with E-state index in [1.54, 1.807) is 0 Å². The Morgan fingerprint density at radius 1 is 1.22 bits per heavy atom. The zero-order valence-electron chi connectivity index (χ0n) is 11.7. The van der Waals surface area contributed by atoms with E-state index in [2.05, 4.69) is 42.5 Å². The first-order valence-electron chi connectivity index (χ1n) is 7.20. The van der Waals surface area contributed by atoms with Crippen LogP contribution in [-0.4, -0.2) is 17.6 Å². The fourth-order valence-corrected chi connectivity index (χ4v) is 3.06. The number of pyridine rings is 1. The minimum absolute atomic E-state index is 0.605. The Bertz CT molecular complexity index is 378. The molecule has 1 aromatic rings. The molecule has 0 spiro atoms. The summed E-state index contributed by atoms with van der Waals surface area (Å²) in [6.07, 6.45) is 7.74. The van der Waals surface area contributed by atoms with E-state index in [9.17, 15) is 0 Å². The smallest absolute Gasteiger partial charge is 0.0549 e. The predicted molar refractivity (Wildman–Crippen MR) is 78.0 cm³/mol. The third-order valence-corrected chi connectivity index (χ3v) is 4.22. The predicted octanol–water partition coefficient (Wildman–Crippen LogP) is 3.75. The number of nitrogens with one attached hydrogen (secondary N) is 2. The van der Waals surface area contributed by atoms with Crippen molar-refractivity contribution in [2.75, 3.05) is 17.2 Å². The molecule has 0 amide bonds. The first kappa shape index (κ1) is 13.2. The Balaban J connectivity index is 1.99. The molecule has 0 aromatic carbocycles. The summed E-state index contributed by atoms with van der Waals surface area (Å²) in [5.41, 5.74) is 2.24. The van der Waals surface area contributed by atoms with E-state index in [4.69, 9.17) is 0 Å². The largest absolute Gasteiger partial charge is 0.384 e. The van der Waals surface area contributed by atoms with E-state index >= 15 is 0 Å². The lowest BCUT2D eigenvalue weighted by Gasteiger charge is -2.22. The van der Waals surface area contributed by atoms with Gasteiger partial charge in [0.15, 0.2) is 0 Å². The standard InChI is InChI=1S/C15H25N3/c1-4-12-6-7-15(11(12)3)18-14-8-13(17-5-2)9-16-10-14/h8-12,15,17-18H,4-7H2,1-3H3. The van der Waals surface area contributed by atoms with Gasteiger partial charge in [0.05, 0.1) is 23.8 Å². The second kappa shape index (κ2) is 6.07. The average Bonchev–Trinajstić information content (AvgIpc) is 2.71. The molecule has 2 rings (SSSR count). The van der Waals surface area contributed by atoms with Crippen LogP contribution >= 0.6 is 0 Å². The third kappa shape index (κ3) is 2.95. The van der Waals surface area contributed by atoms with E-state index in [1.165, 1.54) is 19.3 Å². The minimum Gasteiger partial charge on any atom is -0.384 e. The van der Waals surface area contributed by atoms with Crippen LogP contribution in [0, 0.1) is 11.8 Å². The maximum absolute atomic E-state index is 4.28. The Hall–Kier alpha value is -1.25. The summed E-state index contributed by atoms with van der Waals surface area (Å²) in [5.74, 6) is 1.64. The summed E-state index contributed by atoms with van der Waals surface area (Å²) in [6.45, 7) is 7.71. The van der Waals surface area contributed by atoms with Crippen LogP contribution in [0.3, 0.4) is 0 Å². The summed E-state index contributed by atoms with van der Waals surface area (Å²) < 4.78 is 0. The van der Waals surface area contributed by atoms with Crippen molar-refractivity contribution in [3.63, 3.8) is 0 Å². The summed E-state index contributed by atoms with van der Waals surface area (Å²) in [4.78, 5) is 4.28. The van der Waals surface area contributed by atoms with Crippen LogP contribution in [0.5, 0.6) is 0 Å². The van der Waals surface area contributed by atoms with Gasteiger partial charge in [0.2, 0.25) is 0 Å². The van der Waals surface area contributed by atoms with Crippen molar-refractivity contribution in [2.24, 2.45) is 11.8 Å². The van der Waals surface area contributed by atoms with E-state index in [0.29, 0.717) is 6.04 Å². The molecular formula is C15H25N3. The van der Waals surface area contributed by atoms with E-state index in [0.717, 1.165) is 29.8 Å². The zero-order valence-corrected chi connectivity index (χ0v) is 11.7. The molecule has 1 saturated carbocycles. The summed E-state index contributed by atoms with van der Waals surface area (Å²) in [6, 6.07) is 2.76. The monoisotopic (exact) mass is 247 g/mol. The van der Waals surface area contributed by atoms with Gasteiger partial charge in [-0.1, -0.05) is 20.3 Å². The number of aromatic nitrogens is 1. The van der Waals surface area contributed by atoms with Gasteiger partial charge in [-0.05, 0) is 37.7 Å². The van der Waals surface area contributed by atoms with Gasteiger partial charge in [-0.25, -0.2) is 0 Å². The van der Waals surface area contributed by atoms with Crippen LogP contribution in [-0.2, 0) is 0 Å². The van der Waals surface area contributed by atoms with Crippen LogP contribution in [0.4, 0.5) is 11.4 Å². The highest BCUT2D eigenvalue weighted by molar-refractivity contribution is 5.54. The van der Waals surface area contributed by atoms with Crippen molar-refractivity contribution in [1.29, 1.82) is 0 Å². The molecule has 1 aliphatic rings. The maximum Gasteiger partial charge on any atom is 0.0549 e.